The predicted molar refractivity (Wildman–Crippen MR) is 89.0 cm³/mol. The molecule has 1 aromatic rings. The molecule has 0 fully saturated rings. The van der Waals surface area contributed by atoms with E-state index < -0.39 is 0 Å². The first-order chi connectivity index (χ1) is 9.91. The monoisotopic (exact) mass is 294 g/mol. The van der Waals surface area contributed by atoms with Crippen LogP contribution in [0.4, 0.5) is 11.6 Å². The van der Waals surface area contributed by atoms with Gasteiger partial charge in [0.2, 0.25) is 0 Å². The topological polar surface area (TPSA) is 59.1 Å². The highest BCUT2D eigenvalue weighted by Gasteiger charge is 2.20. The SMILES string of the molecule is CCNc1ncnc(NCC(C)(C)CCOC)c1C(C)C. The highest BCUT2D eigenvalue weighted by Crippen LogP contribution is 2.29. The lowest BCUT2D eigenvalue weighted by atomic mass is 9.89. The van der Waals surface area contributed by atoms with Gasteiger partial charge in [-0.3, -0.25) is 0 Å². The van der Waals surface area contributed by atoms with E-state index in [0.29, 0.717) is 5.92 Å². The second-order valence-electron chi connectivity index (χ2n) is 6.43. The Bertz CT molecular complexity index is 432. The summed E-state index contributed by atoms with van der Waals surface area (Å²) in [6.07, 6.45) is 2.63. The lowest BCUT2D eigenvalue weighted by Crippen LogP contribution is -2.26. The molecule has 0 aliphatic rings. The Hall–Kier alpha value is -1.36. The molecule has 120 valence electrons. The van der Waals surface area contributed by atoms with E-state index in [1.54, 1.807) is 13.4 Å². The third kappa shape index (κ3) is 5.50. The maximum Gasteiger partial charge on any atom is 0.135 e. The zero-order valence-corrected chi connectivity index (χ0v) is 14.3. The van der Waals surface area contributed by atoms with E-state index in [0.717, 1.165) is 43.3 Å². The number of hydrogen-bond acceptors (Lipinski definition) is 5. The van der Waals surface area contributed by atoms with Crippen molar-refractivity contribution in [3.05, 3.63) is 11.9 Å². The van der Waals surface area contributed by atoms with Crippen molar-refractivity contribution in [1.29, 1.82) is 0 Å². The quantitative estimate of drug-likeness (QED) is 0.730. The van der Waals surface area contributed by atoms with E-state index in [9.17, 15) is 0 Å². The van der Waals surface area contributed by atoms with Crippen LogP contribution in [0.1, 0.15) is 52.5 Å². The Morgan fingerprint density at radius 3 is 2.33 bits per heavy atom. The molecule has 0 aliphatic heterocycles. The second-order valence-corrected chi connectivity index (χ2v) is 6.43. The van der Waals surface area contributed by atoms with Gasteiger partial charge in [-0.1, -0.05) is 27.7 Å². The number of methoxy groups -OCH3 is 1. The van der Waals surface area contributed by atoms with Crippen molar-refractivity contribution < 1.29 is 4.74 Å². The molecule has 0 atom stereocenters. The van der Waals surface area contributed by atoms with Gasteiger partial charge in [-0.2, -0.15) is 0 Å². The number of nitrogens with one attached hydrogen (secondary N) is 2. The van der Waals surface area contributed by atoms with Crippen molar-refractivity contribution in [2.45, 2.75) is 47.0 Å². The predicted octanol–water partition coefficient (Wildman–Crippen LogP) is 3.51. The molecule has 5 heteroatoms. The van der Waals surface area contributed by atoms with Gasteiger partial charge in [0.1, 0.15) is 18.0 Å². The summed E-state index contributed by atoms with van der Waals surface area (Å²) in [5.74, 6) is 2.23. The number of nitrogens with zero attached hydrogens (tertiary/aromatic N) is 2. The number of hydrogen-bond donors (Lipinski definition) is 2. The zero-order valence-electron chi connectivity index (χ0n) is 14.3. The molecule has 0 aliphatic carbocycles. The Morgan fingerprint density at radius 2 is 1.81 bits per heavy atom. The maximum absolute atomic E-state index is 5.18. The van der Waals surface area contributed by atoms with Gasteiger partial charge in [-0.15, -0.1) is 0 Å². The average Bonchev–Trinajstić information content (AvgIpc) is 2.43. The van der Waals surface area contributed by atoms with Gasteiger partial charge >= 0.3 is 0 Å². The van der Waals surface area contributed by atoms with Crippen LogP contribution in [0.3, 0.4) is 0 Å². The number of ether oxygens (including phenoxy) is 1. The first-order valence-corrected chi connectivity index (χ1v) is 7.73. The highest BCUT2D eigenvalue weighted by molar-refractivity contribution is 5.59. The van der Waals surface area contributed by atoms with Gasteiger partial charge in [0.05, 0.1) is 0 Å². The minimum Gasteiger partial charge on any atom is -0.385 e. The largest absolute Gasteiger partial charge is 0.385 e. The van der Waals surface area contributed by atoms with Crippen molar-refractivity contribution in [2.24, 2.45) is 5.41 Å². The molecule has 1 heterocycles. The van der Waals surface area contributed by atoms with Gasteiger partial charge in [0.15, 0.2) is 0 Å². The fourth-order valence-electron chi connectivity index (χ4n) is 2.18. The standard InChI is InChI=1S/C16H30N4O/c1-7-17-14-13(12(2)3)15(20-11-19-14)18-10-16(4,5)8-9-21-6/h11-12H,7-10H2,1-6H3,(H2,17,18,19,20). The van der Waals surface area contributed by atoms with Crippen LogP contribution in [0.5, 0.6) is 0 Å². The molecule has 1 aromatic heterocycles. The van der Waals surface area contributed by atoms with E-state index in [4.69, 9.17) is 4.74 Å². The summed E-state index contributed by atoms with van der Waals surface area (Å²) in [4.78, 5) is 8.79. The van der Waals surface area contributed by atoms with Crippen molar-refractivity contribution in [3.8, 4) is 0 Å². The molecule has 0 amide bonds. The minimum atomic E-state index is 0.160. The van der Waals surface area contributed by atoms with Crippen LogP contribution >= 0.6 is 0 Å². The summed E-state index contributed by atoms with van der Waals surface area (Å²) in [5, 5.41) is 6.81. The van der Waals surface area contributed by atoms with Crippen LogP contribution in [-0.4, -0.2) is 36.8 Å². The molecule has 0 aromatic carbocycles. The van der Waals surface area contributed by atoms with Gasteiger partial charge in [-0.25, -0.2) is 9.97 Å². The van der Waals surface area contributed by atoms with Crippen LogP contribution < -0.4 is 10.6 Å². The molecule has 0 saturated carbocycles. The third-order valence-corrected chi connectivity index (χ3v) is 3.52. The van der Waals surface area contributed by atoms with Crippen molar-refractivity contribution in [2.75, 3.05) is 37.4 Å². The van der Waals surface area contributed by atoms with Gasteiger partial charge in [0.25, 0.3) is 0 Å². The molecule has 21 heavy (non-hydrogen) atoms. The fourth-order valence-corrected chi connectivity index (χ4v) is 2.18. The average molecular weight is 294 g/mol. The minimum absolute atomic E-state index is 0.160. The Balaban J connectivity index is 2.85. The molecule has 0 radical (unpaired) electrons. The van der Waals surface area contributed by atoms with E-state index >= 15 is 0 Å². The first kappa shape index (κ1) is 17.7. The maximum atomic E-state index is 5.18. The van der Waals surface area contributed by atoms with Crippen molar-refractivity contribution in [1.82, 2.24) is 9.97 Å². The highest BCUT2D eigenvalue weighted by atomic mass is 16.5. The molecule has 2 N–H and O–H groups in total. The third-order valence-electron chi connectivity index (χ3n) is 3.52. The molecule has 0 bridgehead atoms. The van der Waals surface area contributed by atoms with Crippen LogP contribution in [-0.2, 0) is 4.74 Å². The summed E-state index contributed by atoms with van der Waals surface area (Å²) in [5.41, 5.74) is 1.31. The zero-order chi connectivity index (χ0) is 15.9. The molecule has 0 unspecified atom stereocenters. The van der Waals surface area contributed by atoms with Crippen LogP contribution in [0.2, 0.25) is 0 Å². The lowest BCUT2D eigenvalue weighted by Gasteiger charge is -2.26. The van der Waals surface area contributed by atoms with Gasteiger partial charge < -0.3 is 15.4 Å². The Labute approximate surface area is 128 Å². The number of anilines is 2. The smallest absolute Gasteiger partial charge is 0.135 e. The molecule has 0 spiro atoms. The van der Waals surface area contributed by atoms with E-state index in [-0.39, 0.29) is 5.41 Å². The molecule has 1 rings (SSSR count). The van der Waals surface area contributed by atoms with Gasteiger partial charge in [0, 0.05) is 32.4 Å². The fraction of sp³-hybridized carbons (Fsp3) is 0.750. The molecular formula is C16H30N4O. The van der Waals surface area contributed by atoms with Gasteiger partial charge in [-0.05, 0) is 24.7 Å². The molecule has 5 nitrogen and oxygen atoms in total. The summed E-state index contributed by atoms with van der Waals surface area (Å²) >= 11 is 0. The Kier molecular flexibility index (Phi) is 6.89. The summed E-state index contributed by atoms with van der Waals surface area (Å²) in [7, 11) is 1.74. The summed E-state index contributed by atoms with van der Waals surface area (Å²) < 4.78 is 5.18. The van der Waals surface area contributed by atoms with Crippen molar-refractivity contribution >= 4 is 11.6 Å². The van der Waals surface area contributed by atoms with Crippen molar-refractivity contribution in [3.63, 3.8) is 0 Å². The lowest BCUT2D eigenvalue weighted by molar-refractivity contribution is 0.157. The molecule has 0 saturated heterocycles. The first-order valence-electron chi connectivity index (χ1n) is 7.73. The summed E-state index contributed by atoms with van der Waals surface area (Å²) in [6.45, 7) is 13.4. The van der Waals surface area contributed by atoms with Crippen LogP contribution in [0.15, 0.2) is 6.33 Å². The molecular weight excluding hydrogens is 264 g/mol. The van der Waals surface area contributed by atoms with E-state index in [1.165, 1.54) is 0 Å². The Morgan fingerprint density at radius 1 is 1.19 bits per heavy atom. The van der Waals surface area contributed by atoms with Crippen LogP contribution in [0.25, 0.3) is 0 Å². The normalized spacial score (nSPS) is 11.8. The second kappa shape index (κ2) is 8.17. The summed E-state index contributed by atoms with van der Waals surface area (Å²) in [6, 6.07) is 0. The number of rotatable bonds is 9. The van der Waals surface area contributed by atoms with E-state index in [2.05, 4.69) is 55.2 Å². The van der Waals surface area contributed by atoms with E-state index in [1.807, 2.05) is 0 Å². The number of aromatic nitrogens is 2. The van der Waals surface area contributed by atoms with Crippen LogP contribution in [0, 0.1) is 5.41 Å².